The normalized spacial score (nSPS) is 12.4. The van der Waals surface area contributed by atoms with Crippen LogP contribution in [-0.2, 0) is 8.91 Å². The molecule has 0 aromatic carbocycles. The van der Waals surface area contributed by atoms with E-state index < -0.39 is 16.6 Å². The first-order chi connectivity index (χ1) is 6.57. The largest absolute Gasteiger partial charge is 0.455 e. The number of rotatable bonds is 5. The molecule has 0 atom stereocenters. The second kappa shape index (κ2) is 5.09. The number of hydrogen-bond acceptors (Lipinski definition) is 2. The molecule has 0 bridgehead atoms. The number of carbonyl (C=O) groups excluding carboxylic acids is 1. The predicted molar refractivity (Wildman–Crippen MR) is 69.9 cm³/mol. The van der Waals surface area contributed by atoms with Crippen molar-refractivity contribution in [3.05, 3.63) is 12.2 Å². The van der Waals surface area contributed by atoms with Gasteiger partial charge in [0.25, 0.3) is 0 Å². The van der Waals surface area contributed by atoms with E-state index in [4.69, 9.17) is 4.12 Å². The van der Waals surface area contributed by atoms with E-state index in [1.165, 1.54) is 0 Å². The Bertz CT molecular complexity index is 257. The van der Waals surface area contributed by atoms with Crippen molar-refractivity contribution < 1.29 is 8.91 Å². The fourth-order valence-electron chi connectivity index (χ4n) is 1.64. The zero-order chi connectivity index (χ0) is 12.3. The van der Waals surface area contributed by atoms with Crippen LogP contribution in [0.1, 0.15) is 0 Å². The summed E-state index contributed by atoms with van der Waals surface area (Å²) in [6, 6.07) is 0.705. The van der Waals surface area contributed by atoms with Crippen LogP contribution in [0, 0.1) is 0 Å². The lowest BCUT2D eigenvalue weighted by molar-refractivity contribution is -0.116. The summed E-state index contributed by atoms with van der Waals surface area (Å²) in [6.45, 7) is 14.6. The van der Waals surface area contributed by atoms with Gasteiger partial charge in [0.15, 0.2) is 16.6 Å². The maximum Gasteiger partial charge on any atom is 0.246 e. The zero-order valence-corrected chi connectivity index (χ0v) is 12.7. The van der Waals surface area contributed by atoms with E-state index in [2.05, 4.69) is 44.6 Å². The summed E-state index contributed by atoms with van der Waals surface area (Å²) in [6.07, 6.45) is 0. The molecule has 0 aliphatic carbocycles. The Hall–Kier alpha value is -0.396. The van der Waals surface area contributed by atoms with Crippen molar-refractivity contribution in [3.63, 3.8) is 0 Å². The average Bonchev–Trinajstić information content (AvgIpc) is 1.96. The minimum absolute atomic E-state index is 0.0743. The molecule has 1 N–H and O–H groups in total. The molecule has 0 saturated carbocycles. The van der Waals surface area contributed by atoms with Crippen LogP contribution in [0.15, 0.2) is 12.2 Å². The monoisotopic (exact) mass is 245 g/mol. The third-order valence-electron chi connectivity index (χ3n) is 1.77. The van der Waals surface area contributed by atoms with Crippen LogP contribution in [-0.4, -0.2) is 29.6 Å². The molecule has 0 aromatic heterocycles. The highest BCUT2D eigenvalue weighted by Crippen LogP contribution is 2.21. The molecule has 15 heavy (non-hydrogen) atoms. The Morgan fingerprint density at radius 2 is 1.73 bits per heavy atom. The Balaban J connectivity index is 4.38. The summed E-state index contributed by atoms with van der Waals surface area (Å²) < 4.78 is 6.13. The molecule has 0 aliphatic rings. The van der Waals surface area contributed by atoms with E-state index in [-0.39, 0.29) is 5.91 Å². The molecule has 0 rings (SSSR count). The summed E-state index contributed by atoms with van der Waals surface area (Å²) >= 11 is 0. The highest BCUT2D eigenvalue weighted by atomic mass is 28.4. The van der Waals surface area contributed by atoms with E-state index in [1.54, 1.807) is 7.05 Å². The molecule has 0 spiro atoms. The lowest BCUT2D eigenvalue weighted by Crippen LogP contribution is -2.43. The molecule has 0 fully saturated rings. The fraction of sp³-hybridized carbons (Fsp3) is 0.700. The summed E-state index contributed by atoms with van der Waals surface area (Å²) in [4.78, 5) is 11.3. The minimum Gasteiger partial charge on any atom is -0.455 e. The Labute approximate surface area is 95.2 Å². The van der Waals surface area contributed by atoms with Crippen LogP contribution in [0.25, 0.3) is 0 Å². The second-order valence-electron chi connectivity index (χ2n) is 5.33. The number of likely N-dealkylation sites (N-methyl/N-ethyl adjacent to an activating group) is 1. The lowest BCUT2D eigenvalue weighted by atomic mass is 10.3. The molecule has 3 nitrogen and oxygen atoms in total. The van der Waals surface area contributed by atoms with Gasteiger partial charge >= 0.3 is 0 Å². The maximum absolute atomic E-state index is 11.3. The summed E-state index contributed by atoms with van der Waals surface area (Å²) in [5.41, 5.74) is 0.632. The van der Waals surface area contributed by atoms with Gasteiger partial charge < -0.3 is 9.43 Å². The third kappa shape index (κ3) is 6.64. The van der Waals surface area contributed by atoms with Gasteiger partial charge in [0, 0.05) is 12.6 Å². The fourth-order valence-corrected chi connectivity index (χ4v) is 9.74. The SMILES string of the molecule is C=C(C[Si](C)(C)O[Si](C)(C)C)C(=O)NC. The van der Waals surface area contributed by atoms with Crippen LogP contribution in [0.2, 0.25) is 38.8 Å². The Kier molecular flexibility index (Phi) is 4.96. The maximum atomic E-state index is 11.3. The number of amides is 1. The van der Waals surface area contributed by atoms with Crippen molar-refractivity contribution in [1.82, 2.24) is 5.32 Å². The van der Waals surface area contributed by atoms with Gasteiger partial charge in [-0.05, 0) is 38.8 Å². The molecule has 0 heterocycles. The Morgan fingerprint density at radius 1 is 1.27 bits per heavy atom. The molecule has 0 aromatic rings. The molecular weight excluding hydrogens is 222 g/mol. The molecule has 0 unspecified atom stereocenters. The topological polar surface area (TPSA) is 38.3 Å². The van der Waals surface area contributed by atoms with Gasteiger partial charge in [0.1, 0.15) is 0 Å². The van der Waals surface area contributed by atoms with Gasteiger partial charge in [0.05, 0.1) is 0 Å². The minimum atomic E-state index is -1.78. The molecule has 88 valence electrons. The molecule has 0 saturated heterocycles. The van der Waals surface area contributed by atoms with E-state index in [0.29, 0.717) is 11.6 Å². The first kappa shape index (κ1) is 14.6. The third-order valence-corrected chi connectivity index (χ3v) is 7.71. The first-order valence-electron chi connectivity index (χ1n) is 5.17. The van der Waals surface area contributed by atoms with E-state index >= 15 is 0 Å². The van der Waals surface area contributed by atoms with Crippen LogP contribution in [0.5, 0.6) is 0 Å². The number of carbonyl (C=O) groups is 1. The zero-order valence-electron chi connectivity index (χ0n) is 10.7. The molecule has 5 heteroatoms. The first-order valence-corrected chi connectivity index (χ1v) is 11.7. The highest BCUT2D eigenvalue weighted by molar-refractivity contribution is 6.84. The van der Waals surface area contributed by atoms with E-state index in [0.717, 1.165) is 0 Å². The van der Waals surface area contributed by atoms with Crippen LogP contribution < -0.4 is 5.32 Å². The molecule has 1 amide bonds. The van der Waals surface area contributed by atoms with Gasteiger partial charge in [-0.2, -0.15) is 0 Å². The average molecular weight is 245 g/mol. The summed E-state index contributed by atoms with van der Waals surface area (Å²) in [5, 5.41) is 2.59. The van der Waals surface area contributed by atoms with Crippen molar-refractivity contribution in [1.29, 1.82) is 0 Å². The van der Waals surface area contributed by atoms with Crippen molar-refractivity contribution >= 4 is 22.5 Å². The molecule has 0 radical (unpaired) electrons. The lowest BCUT2D eigenvalue weighted by Gasteiger charge is -2.31. The van der Waals surface area contributed by atoms with Crippen LogP contribution >= 0.6 is 0 Å². The summed E-state index contributed by atoms with van der Waals surface area (Å²) in [7, 11) is -1.67. The molecule has 0 aliphatic heterocycles. The number of hydrogen-bond donors (Lipinski definition) is 1. The Morgan fingerprint density at radius 3 is 2.07 bits per heavy atom. The quantitative estimate of drug-likeness (QED) is 0.596. The smallest absolute Gasteiger partial charge is 0.246 e. The van der Waals surface area contributed by atoms with E-state index in [1.807, 2.05) is 0 Å². The highest BCUT2D eigenvalue weighted by Gasteiger charge is 2.31. The van der Waals surface area contributed by atoms with Gasteiger partial charge in [0.2, 0.25) is 5.91 Å². The number of nitrogens with one attached hydrogen (secondary N) is 1. The predicted octanol–water partition coefficient (Wildman–Crippen LogP) is 2.35. The van der Waals surface area contributed by atoms with Gasteiger partial charge in [-0.3, -0.25) is 4.79 Å². The van der Waals surface area contributed by atoms with Crippen molar-refractivity contribution in [3.8, 4) is 0 Å². The van der Waals surface area contributed by atoms with Crippen LogP contribution in [0.4, 0.5) is 0 Å². The molecular formula is C10H23NO2Si2. The van der Waals surface area contributed by atoms with E-state index in [9.17, 15) is 4.79 Å². The van der Waals surface area contributed by atoms with Crippen molar-refractivity contribution in [2.75, 3.05) is 7.05 Å². The van der Waals surface area contributed by atoms with Gasteiger partial charge in [-0.1, -0.05) is 6.58 Å². The van der Waals surface area contributed by atoms with Crippen LogP contribution in [0.3, 0.4) is 0 Å². The standard InChI is InChI=1S/C10H23NO2Si2/c1-9(10(12)11-2)8-15(6,7)13-14(3,4)5/h1,8H2,2-7H3,(H,11,12). The van der Waals surface area contributed by atoms with Crippen molar-refractivity contribution in [2.45, 2.75) is 38.8 Å². The van der Waals surface area contributed by atoms with Crippen molar-refractivity contribution in [2.24, 2.45) is 0 Å². The van der Waals surface area contributed by atoms with Gasteiger partial charge in [-0.25, -0.2) is 0 Å². The summed E-state index contributed by atoms with van der Waals surface area (Å²) in [5.74, 6) is -0.0743. The second-order valence-corrected chi connectivity index (χ2v) is 14.2. The van der Waals surface area contributed by atoms with Gasteiger partial charge in [-0.15, -0.1) is 0 Å².